The van der Waals surface area contributed by atoms with Crippen molar-refractivity contribution < 1.29 is 0 Å². The Labute approximate surface area is 304 Å². The van der Waals surface area contributed by atoms with Gasteiger partial charge in [-0.15, -0.1) is 11.3 Å². The van der Waals surface area contributed by atoms with Gasteiger partial charge in [0.1, 0.15) is 0 Å². The van der Waals surface area contributed by atoms with Crippen LogP contribution in [-0.2, 0) is 0 Å². The van der Waals surface area contributed by atoms with Crippen LogP contribution in [0.2, 0.25) is 0 Å². The molecule has 3 heteroatoms. The fraction of sp³-hybridized carbons (Fsp3) is 0.0417. The Kier molecular flexibility index (Phi) is 6.96. The molecule has 10 rings (SSSR count). The molecule has 1 aromatic heterocycles. The van der Waals surface area contributed by atoms with E-state index in [0.717, 1.165) is 11.4 Å². The molecule has 0 bridgehead atoms. The van der Waals surface area contributed by atoms with Crippen molar-refractivity contribution in [3.63, 3.8) is 0 Å². The third-order valence-corrected chi connectivity index (χ3v) is 14.6. The Balaban J connectivity index is 1.18. The van der Waals surface area contributed by atoms with Crippen LogP contribution >= 0.6 is 21.4 Å². The summed E-state index contributed by atoms with van der Waals surface area (Å²) in [4.78, 5) is 5.42. The highest BCUT2D eigenvalue weighted by Gasteiger charge is 2.37. The van der Waals surface area contributed by atoms with E-state index in [0.29, 0.717) is 0 Å². The molecule has 0 aliphatic carbocycles. The molecule has 0 spiro atoms. The average Bonchev–Trinajstić information content (AvgIpc) is 3.68. The summed E-state index contributed by atoms with van der Waals surface area (Å²) in [5.41, 5.74) is 11.2. The SMILES string of the molecule is CS1(C)c2cccc(N(c3ccc(-c4ccccc4)cc3)c3ccc(-c4ccc5ccccc5c4)cc3)c2-c2c1ccc1c2sc2ccccc21. The van der Waals surface area contributed by atoms with E-state index in [1.165, 1.54) is 79.8 Å². The van der Waals surface area contributed by atoms with Gasteiger partial charge in [0.2, 0.25) is 0 Å². The Bertz CT molecular complexity index is 2760. The Morgan fingerprint density at radius 1 is 0.431 bits per heavy atom. The molecule has 0 radical (unpaired) electrons. The van der Waals surface area contributed by atoms with Crippen molar-refractivity contribution >= 4 is 69.4 Å². The number of hydrogen-bond donors (Lipinski definition) is 0. The first-order valence-electron chi connectivity index (χ1n) is 17.4. The van der Waals surface area contributed by atoms with Crippen LogP contribution < -0.4 is 4.90 Å². The quantitative estimate of drug-likeness (QED) is 0.174. The van der Waals surface area contributed by atoms with Crippen LogP contribution in [-0.4, -0.2) is 12.5 Å². The first-order valence-corrected chi connectivity index (χ1v) is 20.7. The van der Waals surface area contributed by atoms with E-state index in [1.807, 2.05) is 11.3 Å². The first-order chi connectivity index (χ1) is 25.0. The predicted octanol–water partition coefficient (Wildman–Crippen LogP) is 14.5. The van der Waals surface area contributed by atoms with Crippen molar-refractivity contribution in [2.24, 2.45) is 0 Å². The van der Waals surface area contributed by atoms with E-state index in [2.05, 4.69) is 193 Å². The number of hydrogen-bond acceptors (Lipinski definition) is 2. The molecule has 0 amide bonds. The molecule has 1 nitrogen and oxygen atoms in total. The lowest BCUT2D eigenvalue weighted by atomic mass is 9.98. The molecule has 244 valence electrons. The van der Waals surface area contributed by atoms with Gasteiger partial charge in [-0.2, -0.15) is 10.0 Å². The molecule has 1 aliphatic heterocycles. The van der Waals surface area contributed by atoms with Crippen LogP contribution in [0, 0.1) is 0 Å². The maximum absolute atomic E-state index is 2.48. The van der Waals surface area contributed by atoms with Crippen LogP contribution in [0.3, 0.4) is 0 Å². The van der Waals surface area contributed by atoms with Gasteiger partial charge < -0.3 is 4.90 Å². The van der Waals surface area contributed by atoms with Crippen LogP contribution in [0.25, 0.3) is 64.3 Å². The molecule has 9 aromatic rings. The molecule has 2 heterocycles. The number of rotatable bonds is 5. The smallest absolute Gasteiger partial charge is 0.0551 e. The third-order valence-electron chi connectivity index (χ3n) is 10.5. The predicted molar refractivity (Wildman–Crippen MR) is 224 cm³/mol. The number of benzene rings is 8. The molecule has 0 unspecified atom stereocenters. The number of nitrogens with zero attached hydrogens (tertiary/aromatic N) is 1. The third kappa shape index (κ3) is 4.84. The second-order valence-electron chi connectivity index (χ2n) is 13.7. The Morgan fingerprint density at radius 2 is 1.04 bits per heavy atom. The second kappa shape index (κ2) is 11.7. The lowest BCUT2D eigenvalue weighted by molar-refractivity contribution is 1.27. The van der Waals surface area contributed by atoms with Gasteiger partial charge in [0.15, 0.2) is 0 Å². The van der Waals surface area contributed by atoms with Gasteiger partial charge in [0.05, 0.1) is 5.69 Å². The zero-order chi connectivity index (χ0) is 34.1. The highest BCUT2D eigenvalue weighted by atomic mass is 32.3. The van der Waals surface area contributed by atoms with E-state index in [4.69, 9.17) is 0 Å². The van der Waals surface area contributed by atoms with Crippen molar-refractivity contribution in [3.8, 4) is 33.4 Å². The van der Waals surface area contributed by atoms with E-state index in [-0.39, 0.29) is 0 Å². The van der Waals surface area contributed by atoms with E-state index in [9.17, 15) is 0 Å². The van der Waals surface area contributed by atoms with Gasteiger partial charge in [-0.1, -0.05) is 121 Å². The largest absolute Gasteiger partial charge is 0.310 e. The van der Waals surface area contributed by atoms with E-state index < -0.39 is 10.0 Å². The monoisotopic (exact) mass is 689 g/mol. The van der Waals surface area contributed by atoms with Crippen molar-refractivity contribution in [2.45, 2.75) is 9.79 Å². The zero-order valence-electron chi connectivity index (χ0n) is 28.5. The summed E-state index contributed by atoms with van der Waals surface area (Å²) in [7, 11) is -1.24. The molecule has 0 N–H and O–H groups in total. The molecule has 0 fully saturated rings. The van der Waals surface area contributed by atoms with Crippen LogP contribution in [0.5, 0.6) is 0 Å². The average molecular weight is 690 g/mol. The number of anilines is 3. The molecule has 8 aromatic carbocycles. The standard InChI is InChI=1S/C48H35NS2/c1-51(2)44-18-10-16-42(46(44)47-45(51)30-29-41-40-15-8-9-17-43(40)50-48(41)47)49(38-25-21-34(22-26-38)32-11-4-3-5-12-32)39-27-23-35(24-28-39)37-20-19-33-13-6-7-14-36(33)31-37/h3-31H,1-2H3. The van der Waals surface area contributed by atoms with Gasteiger partial charge in [0.25, 0.3) is 0 Å². The van der Waals surface area contributed by atoms with Gasteiger partial charge in [-0.05, 0) is 100 Å². The van der Waals surface area contributed by atoms with Crippen LogP contribution in [0.1, 0.15) is 0 Å². The van der Waals surface area contributed by atoms with Gasteiger partial charge in [-0.25, -0.2) is 0 Å². The molecule has 51 heavy (non-hydrogen) atoms. The zero-order valence-corrected chi connectivity index (χ0v) is 30.1. The van der Waals surface area contributed by atoms with Crippen molar-refractivity contribution in [1.29, 1.82) is 0 Å². The number of fused-ring (bicyclic) bond motifs is 8. The molecule has 0 saturated heterocycles. The van der Waals surface area contributed by atoms with Crippen molar-refractivity contribution in [3.05, 3.63) is 176 Å². The minimum absolute atomic E-state index is 1.14. The summed E-state index contributed by atoms with van der Waals surface area (Å²) in [6, 6.07) is 64.9. The minimum Gasteiger partial charge on any atom is -0.310 e. The van der Waals surface area contributed by atoms with E-state index >= 15 is 0 Å². The Morgan fingerprint density at radius 3 is 1.80 bits per heavy atom. The summed E-state index contributed by atoms with van der Waals surface area (Å²) >= 11 is 1.94. The molecule has 0 atom stereocenters. The normalized spacial score (nSPS) is 13.7. The molecule has 1 aliphatic rings. The van der Waals surface area contributed by atoms with Crippen molar-refractivity contribution in [1.82, 2.24) is 0 Å². The topological polar surface area (TPSA) is 3.24 Å². The molecular weight excluding hydrogens is 655 g/mol. The minimum atomic E-state index is -1.24. The highest BCUT2D eigenvalue weighted by Crippen LogP contribution is 2.71. The van der Waals surface area contributed by atoms with E-state index in [1.54, 1.807) is 0 Å². The fourth-order valence-electron chi connectivity index (χ4n) is 7.97. The maximum atomic E-state index is 2.48. The fourth-order valence-corrected chi connectivity index (χ4v) is 11.8. The van der Waals surface area contributed by atoms with Crippen LogP contribution in [0.15, 0.2) is 186 Å². The van der Waals surface area contributed by atoms with Gasteiger partial charge in [-0.3, -0.25) is 0 Å². The van der Waals surface area contributed by atoms with Crippen molar-refractivity contribution in [2.75, 3.05) is 17.4 Å². The summed E-state index contributed by atoms with van der Waals surface area (Å²) < 4.78 is 2.74. The first kappa shape index (κ1) is 30.2. The summed E-state index contributed by atoms with van der Waals surface area (Å²) in [6.07, 6.45) is 4.94. The molecular formula is C48H35NS2. The summed E-state index contributed by atoms with van der Waals surface area (Å²) in [5, 5.41) is 5.22. The summed E-state index contributed by atoms with van der Waals surface area (Å²) in [6.45, 7) is 0. The summed E-state index contributed by atoms with van der Waals surface area (Å²) in [5.74, 6) is 0. The van der Waals surface area contributed by atoms with Gasteiger partial charge in [0, 0.05) is 52.5 Å². The lowest BCUT2D eigenvalue weighted by Crippen LogP contribution is -2.11. The highest BCUT2D eigenvalue weighted by molar-refractivity contribution is 8.33. The second-order valence-corrected chi connectivity index (χ2v) is 18.3. The molecule has 0 saturated carbocycles. The van der Waals surface area contributed by atoms with Gasteiger partial charge >= 0.3 is 0 Å². The lowest BCUT2D eigenvalue weighted by Gasteiger charge is -2.30. The number of thiophene rings is 1. The Hall–Kier alpha value is -5.61. The maximum Gasteiger partial charge on any atom is 0.0551 e. The van der Waals surface area contributed by atoms with Crippen LogP contribution in [0.4, 0.5) is 17.1 Å².